The van der Waals surface area contributed by atoms with Crippen LogP contribution < -0.4 is 0 Å². The van der Waals surface area contributed by atoms with E-state index in [0.717, 1.165) is 0 Å². The Morgan fingerprint density at radius 3 is 0.978 bits per heavy atom. The van der Waals surface area contributed by atoms with Crippen LogP contribution in [0.3, 0.4) is 0 Å². The standard InChI is InChI=1S/C24H42O21/c25-1-5-9(26)14(31)18(35)22(43-5)40-3-7-11(28)16(33)20(37)24(45-7)41-4-8-12(29)15(32)19(36)23(44-8)39-2-6-10(27)13(30)17(34)21(38)42-6/h5-38H,1-4H2/t5-,6-,7-,8-,9-,10+,11+,12+,13+,14+,15+,16+,17-,18-,19-,20-,21+,22-,23+,24-/m1/s1. The normalized spacial score (nSPS) is 52.9. The van der Waals surface area contributed by atoms with Crippen LogP contribution >= 0.6 is 0 Å². The maximum Gasteiger partial charge on any atom is 0.186 e. The lowest BCUT2D eigenvalue weighted by molar-refractivity contribution is -0.346. The Bertz CT molecular complexity index is 916. The van der Waals surface area contributed by atoms with E-state index < -0.39 is 149 Å². The van der Waals surface area contributed by atoms with Gasteiger partial charge < -0.3 is 105 Å². The summed E-state index contributed by atoms with van der Waals surface area (Å²) in [5.41, 5.74) is 0. The second kappa shape index (κ2) is 15.6. The highest BCUT2D eigenvalue weighted by molar-refractivity contribution is 4.94. The number of aliphatic hydroxyl groups is 14. The summed E-state index contributed by atoms with van der Waals surface area (Å²) in [6.45, 7) is -2.67. The number of aliphatic hydroxyl groups excluding tert-OH is 14. The van der Waals surface area contributed by atoms with Gasteiger partial charge in [0.15, 0.2) is 25.2 Å². The van der Waals surface area contributed by atoms with E-state index in [1.54, 1.807) is 0 Å². The van der Waals surface area contributed by atoms with Crippen molar-refractivity contribution in [3.05, 3.63) is 0 Å². The van der Waals surface area contributed by atoms with Gasteiger partial charge in [-0.05, 0) is 0 Å². The van der Waals surface area contributed by atoms with Crippen LogP contribution in [0, 0.1) is 0 Å². The molecule has 0 unspecified atom stereocenters. The fourth-order valence-corrected chi connectivity index (χ4v) is 5.23. The molecule has 4 heterocycles. The second-order valence-corrected chi connectivity index (χ2v) is 11.3. The number of rotatable bonds is 10. The smallest absolute Gasteiger partial charge is 0.186 e. The van der Waals surface area contributed by atoms with Gasteiger partial charge in [-0.15, -0.1) is 0 Å². The van der Waals surface area contributed by atoms with Crippen LogP contribution in [0.5, 0.6) is 0 Å². The molecule has 14 N–H and O–H groups in total. The largest absolute Gasteiger partial charge is 0.394 e. The van der Waals surface area contributed by atoms with E-state index in [9.17, 15) is 71.5 Å². The molecule has 264 valence electrons. The second-order valence-electron chi connectivity index (χ2n) is 11.3. The van der Waals surface area contributed by atoms with Crippen LogP contribution in [0.15, 0.2) is 0 Å². The van der Waals surface area contributed by atoms with Gasteiger partial charge in [-0.3, -0.25) is 0 Å². The van der Waals surface area contributed by atoms with E-state index in [2.05, 4.69) is 0 Å². The van der Waals surface area contributed by atoms with Crippen molar-refractivity contribution in [3.63, 3.8) is 0 Å². The van der Waals surface area contributed by atoms with E-state index in [0.29, 0.717) is 0 Å². The lowest BCUT2D eigenvalue weighted by Gasteiger charge is -2.44. The molecule has 0 spiro atoms. The Hall–Kier alpha value is -0.840. The van der Waals surface area contributed by atoms with Crippen molar-refractivity contribution >= 4 is 0 Å². The first-order chi connectivity index (χ1) is 21.2. The summed E-state index contributed by atoms with van der Waals surface area (Å²) < 4.78 is 37.2. The molecule has 21 heteroatoms. The first-order valence-electron chi connectivity index (χ1n) is 14.1. The zero-order chi connectivity index (χ0) is 33.3. The van der Waals surface area contributed by atoms with Gasteiger partial charge in [0.25, 0.3) is 0 Å². The number of hydrogen-bond donors (Lipinski definition) is 14. The first kappa shape index (κ1) is 37.0. The lowest BCUT2D eigenvalue weighted by Crippen LogP contribution is -2.63. The van der Waals surface area contributed by atoms with Gasteiger partial charge >= 0.3 is 0 Å². The van der Waals surface area contributed by atoms with E-state index in [1.165, 1.54) is 0 Å². The van der Waals surface area contributed by atoms with Gasteiger partial charge in [-0.1, -0.05) is 0 Å². The Kier molecular flexibility index (Phi) is 12.8. The molecule has 0 saturated carbocycles. The summed E-state index contributed by atoms with van der Waals surface area (Å²) >= 11 is 0. The van der Waals surface area contributed by atoms with Crippen molar-refractivity contribution in [3.8, 4) is 0 Å². The molecule has 0 amide bonds. The third-order valence-electron chi connectivity index (χ3n) is 8.15. The molecule has 0 aromatic rings. The third kappa shape index (κ3) is 7.91. The predicted molar refractivity (Wildman–Crippen MR) is 134 cm³/mol. The minimum absolute atomic E-state index is 0.633. The molecular weight excluding hydrogens is 624 g/mol. The Labute approximate surface area is 254 Å². The molecule has 0 bridgehead atoms. The quantitative estimate of drug-likeness (QED) is 0.103. The summed E-state index contributed by atoms with van der Waals surface area (Å²) in [4.78, 5) is 0. The van der Waals surface area contributed by atoms with Crippen LogP contribution in [-0.2, 0) is 33.2 Å². The molecule has 20 atom stereocenters. The van der Waals surface area contributed by atoms with E-state index in [4.69, 9.17) is 33.2 Å². The van der Waals surface area contributed by atoms with Crippen molar-refractivity contribution in [2.75, 3.05) is 26.4 Å². The van der Waals surface area contributed by atoms with Crippen LogP contribution in [0.2, 0.25) is 0 Å². The molecule has 4 aliphatic heterocycles. The van der Waals surface area contributed by atoms with Gasteiger partial charge in [0.2, 0.25) is 0 Å². The average molecular weight is 667 g/mol. The summed E-state index contributed by atoms with van der Waals surface area (Å²) in [6.07, 6.45) is -34.1. The van der Waals surface area contributed by atoms with Crippen molar-refractivity contribution in [2.24, 2.45) is 0 Å². The van der Waals surface area contributed by atoms with Crippen molar-refractivity contribution in [2.45, 2.75) is 123 Å². The highest BCUT2D eigenvalue weighted by Crippen LogP contribution is 2.29. The lowest BCUT2D eigenvalue weighted by atomic mass is 9.98. The molecule has 0 aromatic carbocycles. The number of hydrogen-bond acceptors (Lipinski definition) is 21. The monoisotopic (exact) mass is 666 g/mol. The molecule has 21 nitrogen and oxygen atoms in total. The molecular formula is C24H42O21. The molecule has 0 radical (unpaired) electrons. The molecule has 4 rings (SSSR count). The first-order valence-corrected chi connectivity index (χ1v) is 14.1. The summed E-state index contributed by atoms with van der Waals surface area (Å²) in [5.74, 6) is 0. The molecule has 4 aliphatic rings. The van der Waals surface area contributed by atoms with Gasteiger partial charge in [0.05, 0.1) is 26.4 Å². The topological polar surface area (TPSA) is 348 Å². The molecule has 4 saturated heterocycles. The van der Waals surface area contributed by atoms with Crippen molar-refractivity contribution in [1.82, 2.24) is 0 Å². The highest BCUT2D eigenvalue weighted by atomic mass is 16.7. The SMILES string of the molecule is OC[C@H]1O[C@@H](OC[C@H]2O[C@@H](OC[C@H]3O[C@H](OC[C@H]4O[C@H](O)[C@H](O)[C@@H](O)[C@H]4O)[C@H](O)[C@@H](O)[C@H]3O)[C@H](O)[C@@H](O)[C@H]2O)[C@H](O)[C@@H](O)[C@@H]1O. The van der Waals surface area contributed by atoms with Crippen LogP contribution in [0.1, 0.15) is 0 Å². The molecule has 0 aromatic heterocycles. The predicted octanol–water partition coefficient (Wildman–Crippen LogP) is -9.75. The van der Waals surface area contributed by atoms with Crippen molar-refractivity contribution in [1.29, 1.82) is 0 Å². The fraction of sp³-hybridized carbons (Fsp3) is 1.00. The van der Waals surface area contributed by atoms with Crippen LogP contribution in [-0.4, -0.2) is 221 Å². The zero-order valence-corrected chi connectivity index (χ0v) is 23.5. The van der Waals surface area contributed by atoms with Crippen LogP contribution in [0.4, 0.5) is 0 Å². The van der Waals surface area contributed by atoms with Gasteiger partial charge in [0.1, 0.15) is 97.7 Å². The van der Waals surface area contributed by atoms with E-state index in [1.807, 2.05) is 0 Å². The van der Waals surface area contributed by atoms with E-state index >= 15 is 0 Å². The zero-order valence-electron chi connectivity index (χ0n) is 23.5. The minimum Gasteiger partial charge on any atom is -0.394 e. The van der Waals surface area contributed by atoms with Gasteiger partial charge in [-0.2, -0.15) is 0 Å². The number of ether oxygens (including phenoxy) is 7. The summed E-state index contributed by atoms with van der Waals surface area (Å²) in [5, 5.41) is 141. The maximum atomic E-state index is 10.4. The summed E-state index contributed by atoms with van der Waals surface area (Å²) in [6, 6.07) is 0. The third-order valence-corrected chi connectivity index (χ3v) is 8.15. The molecule has 45 heavy (non-hydrogen) atoms. The Morgan fingerprint density at radius 1 is 0.333 bits per heavy atom. The summed E-state index contributed by atoms with van der Waals surface area (Å²) in [7, 11) is 0. The molecule has 0 aliphatic carbocycles. The van der Waals surface area contributed by atoms with Gasteiger partial charge in [-0.25, -0.2) is 0 Å². The average Bonchev–Trinajstić information content (AvgIpc) is 3.02. The minimum atomic E-state index is -1.88. The van der Waals surface area contributed by atoms with Crippen LogP contribution in [0.25, 0.3) is 0 Å². The highest BCUT2D eigenvalue weighted by Gasteiger charge is 2.50. The molecule has 4 fully saturated rings. The van der Waals surface area contributed by atoms with E-state index in [-0.39, 0.29) is 0 Å². The van der Waals surface area contributed by atoms with Gasteiger partial charge in [0, 0.05) is 0 Å². The van der Waals surface area contributed by atoms with Crippen molar-refractivity contribution < 1.29 is 105 Å². The Morgan fingerprint density at radius 2 is 0.622 bits per heavy atom. The fourth-order valence-electron chi connectivity index (χ4n) is 5.23. The Balaban J connectivity index is 1.33. The maximum absolute atomic E-state index is 10.4.